The van der Waals surface area contributed by atoms with Gasteiger partial charge >= 0.3 is 6.09 Å². The Kier molecular flexibility index (Phi) is 4.92. The van der Waals surface area contributed by atoms with Gasteiger partial charge in [-0.1, -0.05) is 6.07 Å². The first-order valence-electron chi connectivity index (χ1n) is 9.85. The van der Waals surface area contributed by atoms with E-state index in [0.717, 1.165) is 4.90 Å². The van der Waals surface area contributed by atoms with Crippen LogP contribution in [0.3, 0.4) is 0 Å². The summed E-state index contributed by atoms with van der Waals surface area (Å²) in [6.07, 6.45) is 0.408. The Morgan fingerprint density at radius 1 is 1.10 bits per heavy atom. The van der Waals surface area contributed by atoms with Gasteiger partial charge in [0.05, 0.1) is 16.8 Å². The maximum atomic E-state index is 13.2. The van der Waals surface area contributed by atoms with Crippen molar-refractivity contribution in [1.82, 2.24) is 15.1 Å². The third-order valence-corrected chi connectivity index (χ3v) is 6.10. The topological polar surface area (TPSA) is 127 Å². The van der Waals surface area contributed by atoms with Crippen molar-refractivity contribution in [3.05, 3.63) is 29.3 Å². The first kappa shape index (κ1) is 19.9. The molecule has 2 N–H and O–H groups in total. The minimum absolute atomic E-state index is 0.0707. The zero-order valence-corrected chi connectivity index (χ0v) is 16.5. The summed E-state index contributed by atoms with van der Waals surface area (Å²) in [4.78, 5) is 65.2. The Bertz CT molecular complexity index is 953. The summed E-state index contributed by atoms with van der Waals surface area (Å²) in [6.45, 7) is 1.08. The molecule has 0 saturated carbocycles. The average molecular weight is 414 g/mol. The number of benzene rings is 1. The standard InChI is InChI=1S/C20H22N4O6/c1-22(20(29)30)11-7-9-23(10-8-11)13-4-2-3-12-16(13)19(28)24(18(12)27)14-5-6-15(25)21-17(14)26/h2-4,11,14H,5-10H2,1H3,(H,29,30)(H,21,25,26). The van der Waals surface area contributed by atoms with E-state index in [4.69, 9.17) is 5.11 Å². The first-order chi connectivity index (χ1) is 14.3. The van der Waals surface area contributed by atoms with E-state index in [1.807, 2.05) is 4.90 Å². The number of amides is 5. The number of nitrogens with zero attached hydrogens (tertiary/aromatic N) is 3. The first-order valence-corrected chi connectivity index (χ1v) is 9.85. The normalized spacial score (nSPS) is 22.2. The van der Waals surface area contributed by atoms with Gasteiger partial charge in [0.15, 0.2) is 0 Å². The van der Waals surface area contributed by atoms with Gasteiger partial charge in [0, 0.05) is 32.6 Å². The lowest BCUT2D eigenvalue weighted by molar-refractivity contribution is -0.136. The number of hydrogen-bond donors (Lipinski definition) is 2. The molecule has 30 heavy (non-hydrogen) atoms. The SMILES string of the molecule is CN(C(=O)O)C1CCN(c2cccc3c2C(=O)N(C2CCC(=O)NC2=O)C3=O)CC1. The number of carbonyl (C=O) groups is 5. The Balaban J connectivity index is 1.58. The number of carbonyl (C=O) groups excluding carboxylic acids is 4. The van der Waals surface area contributed by atoms with Crippen LogP contribution in [0.1, 0.15) is 46.4 Å². The van der Waals surface area contributed by atoms with Gasteiger partial charge in [-0.15, -0.1) is 0 Å². The monoisotopic (exact) mass is 414 g/mol. The largest absolute Gasteiger partial charge is 0.465 e. The van der Waals surface area contributed by atoms with Crippen molar-refractivity contribution < 1.29 is 29.1 Å². The number of piperidine rings is 2. The van der Waals surface area contributed by atoms with Crippen LogP contribution in [0.15, 0.2) is 18.2 Å². The Morgan fingerprint density at radius 3 is 2.43 bits per heavy atom. The molecule has 0 aliphatic carbocycles. The zero-order chi connectivity index (χ0) is 21.6. The summed E-state index contributed by atoms with van der Waals surface area (Å²) >= 11 is 0. The van der Waals surface area contributed by atoms with Crippen molar-refractivity contribution in [2.75, 3.05) is 25.0 Å². The van der Waals surface area contributed by atoms with Crippen molar-refractivity contribution in [2.24, 2.45) is 0 Å². The predicted octanol–water partition coefficient (Wildman–Crippen LogP) is 0.666. The van der Waals surface area contributed by atoms with E-state index in [0.29, 0.717) is 31.6 Å². The summed E-state index contributed by atoms with van der Waals surface area (Å²) in [5.41, 5.74) is 1.11. The van der Waals surface area contributed by atoms with Gasteiger partial charge in [0.25, 0.3) is 11.8 Å². The second-order valence-corrected chi connectivity index (χ2v) is 7.76. The second kappa shape index (κ2) is 7.43. The van der Waals surface area contributed by atoms with Crippen molar-refractivity contribution in [3.8, 4) is 0 Å². The minimum Gasteiger partial charge on any atom is -0.465 e. The van der Waals surface area contributed by atoms with Crippen LogP contribution in [0.2, 0.25) is 0 Å². The van der Waals surface area contributed by atoms with E-state index in [9.17, 15) is 24.0 Å². The number of rotatable bonds is 3. The van der Waals surface area contributed by atoms with Crippen LogP contribution in [-0.4, -0.2) is 76.8 Å². The number of fused-ring (bicyclic) bond motifs is 1. The van der Waals surface area contributed by atoms with E-state index < -0.39 is 35.8 Å². The van der Waals surface area contributed by atoms with Crippen LogP contribution in [0.5, 0.6) is 0 Å². The summed E-state index contributed by atoms with van der Waals surface area (Å²) < 4.78 is 0. The molecule has 3 aliphatic heterocycles. The van der Waals surface area contributed by atoms with Crippen LogP contribution in [0.25, 0.3) is 0 Å². The molecule has 10 nitrogen and oxygen atoms in total. The van der Waals surface area contributed by atoms with Gasteiger partial charge in [-0.05, 0) is 31.4 Å². The molecule has 2 fully saturated rings. The van der Waals surface area contributed by atoms with Gasteiger partial charge in [-0.2, -0.15) is 0 Å². The molecule has 1 unspecified atom stereocenters. The highest BCUT2D eigenvalue weighted by Gasteiger charge is 2.46. The van der Waals surface area contributed by atoms with Gasteiger partial charge in [-0.25, -0.2) is 4.79 Å². The van der Waals surface area contributed by atoms with E-state index >= 15 is 0 Å². The lowest BCUT2D eigenvalue weighted by Gasteiger charge is -2.37. The highest BCUT2D eigenvalue weighted by molar-refractivity contribution is 6.25. The third-order valence-electron chi connectivity index (χ3n) is 6.10. The predicted molar refractivity (Wildman–Crippen MR) is 104 cm³/mol. The lowest BCUT2D eigenvalue weighted by Crippen LogP contribution is -2.54. The van der Waals surface area contributed by atoms with Gasteiger partial charge in [0.1, 0.15) is 6.04 Å². The molecule has 0 radical (unpaired) electrons. The molecular weight excluding hydrogens is 392 g/mol. The molecule has 4 rings (SSSR count). The Hall–Kier alpha value is -3.43. The van der Waals surface area contributed by atoms with Gasteiger partial charge in [-0.3, -0.25) is 29.4 Å². The molecule has 0 aromatic heterocycles. The molecule has 5 amide bonds. The number of carboxylic acid groups (broad SMARTS) is 1. The van der Waals surface area contributed by atoms with Crippen molar-refractivity contribution in [2.45, 2.75) is 37.8 Å². The number of imide groups is 2. The fraction of sp³-hybridized carbons (Fsp3) is 0.450. The molecule has 1 atom stereocenters. The van der Waals surface area contributed by atoms with Gasteiger partial charge < -0.3 is 14.9 Å². The molecule has 2 saturated heterocycles. The molecular formula is C20H22N4O6. The molecule has 3 aliphatic rings. The van der Waals surface area contributed by atoms with Crippen LogP contribution >= 0.6 is 0 Å². The zero-order valence-electron chi connectivity index (χ0n) is 16.5. The quantitative estimate of drug-likeness (QED) is 0.696. The van der Waals surface area contributed by atoms with E-state index in [2.05, 4.69) is 5.32 Å². The lowest BCUT2D eigenvalue weighted by atomic mass is 10.0. The van der Waals surface area contributed by atoms with Crippen molar-refractivity contribution >= 4 is 35.4 Å². The fourth-order valence-corrected chi connectivity index (χ4v) is 4.41. The highest BCUT2D eigenvalue weighted by Crippen LogP contribution is 2.35. The van der Waals surface area contributed by atoms with Crippen LogP contribution in [0, 0.1) is 0 Å². The smallest absolute Gasteiger partial charge is 0.407 e. The molecule has 10 heteroatoms. The third kappa shape index (κ3) is 3.17. The number of anilines is 1. The molecule has 0 bridgehead atoms. The van der Waals surface area contributed by atoms with E-state index in [1.54, 1.807) is 25.2 Å². The maximum absolute atomic E-state index is 13.2. The van der Waals surface area contributed by atoms with Crippen molar-refractivity contribution in [3.63, 3.8) is 0 Å². The van der Waals surface area contributed by atoms with Crippen LogP contribution in [-0.2, 0) is 9.59 Å². The van der Waals surface area contributed by atoms with Crippen molar-refractivity contribution in [1.29, 1.82) is 0 Å². The number of hydrogen-bond acceptors (Lipinski definition) is 6. The van der Waals surface area contributed by atoms with Crippen LogP contribution in [0.4, 0.5) is 10.5 Å². The molecule has 0 spiro atoms. The molecule has 158 valence electrons. The summed E-state index contributed by atoms with van der Waals surface area (Å²) in [5, 5.41) is 11.4. The van der Waals surface area contributed by atoms with Crippen LogP contribution < -0.4 is 10.2 Å². The molecule has 1 aromatic rings. The summed E-state index contributed by atoms with van der Waals surface area (Å²) in [5.74, 6) is -2.13. The summed E-state index contributed by atoms with van der Waals surface area (Å²) in [7, 11) is 1.54. The second-order valence-electron chi connectivity index (χ2n) is 7.76. The Morgan fingerprint density at radius 2 is 1.80 bits per heavy atom. The van der Waals surface area contributed by atoms with E-state index in [-0.39, 0.29) is 30.0 Å². The number of nitrogens with one attached hydrogen (secondary N) is 1. The van der Waals surface area contributed by atoms with Gasteiger partial charge in [0.2, 0.25) is 11.8 Å². The highest BCUT2D eigenvalue weighted by atomic mass is 16.4. The molecule has 3 heterocycles. The molecule has 1 aromatic carbocycles. The Labute approximate surface area is 172 Å². The minimum atomic E-state index is -1.00. The average Bonchev–Trinajstić information content (AvgIpc) is 2.98. The van der Waals surface area contributed by atoms with E-state index in [1.165, 1.54) is 4.90 Å². The maximum Gasteiger partial charge on any atom is 0.407 e. The summed E-state index contributed by atoms with van der Waals surface area (Å²) in [6, 6.07) is 3.92. The fourth-order valence-electron chi connectivity index (χ4n) is 4.41.